The number of carbonyl (C=O) groups excluding carboxylic acids is 2. The van der Waals surface area contributed by atoms with E-state index in [0.717, 1.165) is 38.5 Å². The summed E-state index contributed by atoms with van der Waals surface area (Å²) in [6, 6.07) is 1.48. The number of unbranched alkanes of at least 4 members (excludes halogenated alkanes) is 1. The van der Waals surface area contributed by atoms with Gasteiger partial charge in [0.1, 0.15) is 11.7 Å². The van der Waals surface area contributed by atoms with Crippen LogP contribution in [-0.2, 0) is 0 Å². The van der Waals surface area contributed by atoms with Crippen LogP contribution in [-0.4, -0.2) is 76.8 Å². The highest BCUT2D eigenvalue weighted by Crippen LogP contribution is 2.27. The highest BCUT2D eigenvalue weighted by molar-refractivity contribution is 5.97. The van der Waals surface area contributed by atoms with Gasteiger partial charge in [0.2, 0.25) is 5.88 Å². The molecule has 3 rings (SSSR count). The third-order valence-corrected chi connectivity index (χ3v) is 6.61. The molecular weight excluding hydrogens is 432 g/mol. The molecule has 3 atom stereocenters. The molecule has 0 spiro atoms. The molecule has 1 fully saturated rings. The van der Waals surface area contributed by atoms with Crippen molar-refractivity contribution in [1.82, 2.24) is 20.1 Å². The lowest BCUT2D eigenvalue weighted by Gasteiger charge is -2.37. The average Bonchev–Trinajstić information content (AvgIpc) is 3.34. The van der Waals surface area contributed by atoms with Gasteiger partial charge in [-0.2, -0.15) is 0 Å². The number of nitrogens with one attached hydrogen (secondary N) is 1. The second kappa shape index (κ2) is 12.1. The largest absolute Gasteiger partial charge is 0.472 e. The van der Waals surface area contributed by atoms with Crippen molar-refractivity contribution in [3.63, 3.8) is 0 Å². The third-order valence-electron chi connectivity index (χ3n) is 6.61. The van der Waals surface area contributed by atoms with Crippen molar-refractivity contribution in [2.75, 3.05) is 26.7 Å². The topological polar surface area (TPSA) is 95.0 Å². The number of hydrogen-bond donors (Lipinski definition) is 2. The fourth-order valence-corrected chi connectivity index (χ4v) is 4.39. The van der Waals surface area contributed by atoms with Gasteiger partial charge in [-0.1, -0.05) is 38.5 Å². The van der Waals surface area contributed by atoms with Crippen LogP contribution in [0, 0.1) is 17.8 Å². The van der Waals surface area contributed by atoms with Gasteiger partial charge in [-0.05, 0) is 32.3 Å². The number of pyridine rings is 1. The molecule has 0 bridgehead atoms. The van der Waals surface area contributed by atoms with E-state index >= 15 is 0 Å². The number of nitrogens with zero attached hydrogens (tertiary/aromatic N) is 3. The summed E-state index contributed by atoms with van der Waals surface area (Å²) in [5.41, 5.74) is 0.984. The molecule has 8 heteroatoms. The normalized spacial score (nSPS) is 21.4. The standard InChI is InChI=1S/C26H38N4O4/c1-5-6-7-10-20-13-22-24(27-14-20)34-23(18(2)15-30(25(22)32)19(3)17-31)16-29(4)26(33)28-21-11-8-9-12-21/h13-14,18-19,21,23,31H,5-6,8-9,11-12,15-17H2,1-4H3,(H,28,33)/t18-,19+,23+/m0/s1. The summed E-state index contributed by atoms with van der Waals surface area (Å²) < 4.78 is 6.26. The molecule has 1 aliphatic carbocycles. The van der Waals surface area contributed by atoms with Crippen LogP contribution in [0.25, 0.3) is 0 Å². The lowest BCUT2D eigenvalue weighted by molar-refractivity contribution is 0.0351. The summed E-state index contributed by atoms with van der Waals surface area (Å²) in [5, 5.41) is 12.9. The number of carbonyl (C=O) groups is 2. The van der Waals surface area contributed by atoms with Crippen molar-refractivity contribution < 1.29 is 19.4 Å². The van der Waals surface area contributed by atoms with Gasteiger partial charge in [0.25, 0.3) is 5.91 Å². The molecule has 1 aromatic rings. The van der Waals surface area contributed by atoms with Gasteiger partial charge in [-0.25, -0.2) is 9.78 Å². The van der Waals surface area contributed by atoms with E-state index in [-0.39, 0.29) is 48.5 Å². The van der Waals surface area contributed by atoms with Crippen LogP contribution in [0.2, 0.25) is 0 Å². The summed E-state index contributed by atoms with van der Waals surface area (Å²) in [6.07, 6.45) is 7.31. The number of aromatic nitrogens is 1. The van der Waals surface area contributed by atoms with E-state index in [9.17, 15) is 14.7 Å². The van der Waals surface area contributed by atoms with Crippen molar-refractivity contribution >= 4 is 11.9 Å². The number of rotatable bonds is 6. The number of amides is 3. The van der Waals surface area contributed by atoms with E-state index in [4.69, 9.17) is 4.74 Å². The minimum Gasteiger partial charge on any atom is -0.472 e. The fourth-order valence-electron chi connectivity index (χ4n) is 4.39. The molecule has 0 radical (unpaired) electrons. The van der Waals surface area contributed by atoms with Crippen molar-refractivity contribution in [2.45, 2.75) is 77.5 Å². The number of aliphatic hydroxyl groups is 1. The summed E-state index contributed by atoms with van der Waals surface area (Å²) in [5.74, 6) is 6.06. The Labute approximate surface area is 203 Å². The predicted molar refractivity (Wildman–Crippen MR) is 131 cm³/mol. The molecule has 0 aromatic carbocycles. The number of aliphatic hydroxyl groups excluding tert-OH is 1. The predicted octanol–water partition coefficient (Wildman–Crippen LogP) is 3.04. The molecule has 3 amide bonds. The van der Waals surface area contributed by atoms with E-state index in [1.54, 1.807) is 29.1 Å². The Morgan fingerprint density at radius 3 is 2.82 bits per heavy atom. The fraction of sp³-hybridized carbons (Fsp3) is 0.654. The molecule has 34 heavy (non-hydrogen) atoms. The zero-order valence-electron chi connectivity index (χ0n) is 20.8. The minimum absolute atomic E-state index is 0.0846. The van der Waals surface area contributed by atoms with Crippen molar-refractivity contribution in [2.24, 2.45) is 5.92 Å². The maximum atomic E-state index is 13.4. The van der Waals surface area contributed by atoms with Crippen LogP contribution in [0.5, 0.6) is 5.88 Å². The van der Waals surface area contributed by atoms with E-state index < -0.39 is 0 Å². The highest BCUT2D eigenvalue weighted by atomic mass is 16.5. The average molecular weight is 471 g/mol. The Morgan fingerprint density at radius 1 is 1.41 bits per heavy atom. The van der Waals surface area contributed by atoms with E-state index in [0.29, 0.717) is 24.2 Å². The van der Waals surface area contributed by atoms with Crippen LogP contribution in [0.1, 0.15) is 75.2 Å². The third kappa shape index (κ3) is 6.41. The van der Waals surface area contributed by atoms with Crippen LogP contribution in [0.4, 0.5) is 4.79 Å². The zero-order chi connectivity index (χ0) is 24.7. The zero-order valence-corrected chi connectivity index (χ0v) is 20.8. The van der Waals surface area contributed by atoms with Crippen molar-refractivity contribution in [3.05, 3.63) is 23.4 Å². The van der Waals surface area contributed by atoms with Crippen LogP contribution in [0.15, 0.2) is 12.3 Å². The van der Waals surface area contributed by atoms with Crippen LogP contribution < -0.4 is 10.1 Å². The number of urea groups is 1. The quantitative estimate of drug-likeness (QED) is 0.623. The number of ether oxygens (including phenoxy) is 1. The second-order valence-corrected chi connectivity index (χ2v) is 9.56. The Balaban J connectivity index is 1.85. The molecule has 0 unspecified atom stereocenters. The molecule has 1 saturated carbocycles. The molecular formula is C26H38N4O4. The van der Waals surface area contributed by atoms with Gasteiger partial charge < -0.3 is 25.0 Å². The van der Waals surface area contributed by atoms with Gasteiger partial charge in [0, 0.05) is 43.7 Å². The molecule has 1 aliphatic heterocycles. The van der Waals surface area contributed by atoms with E-state index in [1.165, 1.54) is 0 Å². The van der Waals surface area contributed by atoms with Crippen molar-refractivity contribution in [1.29, 1.82) is 0 Å². The molecule has 0 saturated heterocycles. The van der Waals surface area contributed by atoms with Gasteiger partial charge in [-0.15, -0.1) is 0 Å². The van der Waals surface area contributed by atoms with Gasteiger partial charge in [0.05, 0.1) is 19.2 Å². The first-order valence-corrected chi connectivity index (χ1v) is 12.4. The minimum atomic E-state index is -0.371. The lowest BCUT2D eigenvalue weighted by Crippen LogP contribution is -2.52. The molecule has 2 heterocycles. The summed E-state index contributed by atoms with van der Waals surface area (Å²) >= 11 is 0. The molecule has 2 N–H and O–H groups in total. The molecule has 8 nitrogen and oxygen atoms in total. The number of hydrogen-bond acceptors (Lipinski definition) is 5. The van der Waals surface area contributed by atoms with Crippen LogP contribution >= 0.6 is 0 Å². The Bertz CT molecular complexity index is 919. The van der Waals surface area contributed by atoms with Crippen molar-refractivity contribution in [3.8, 4) is 17.7 Å². The van der Waals surface area contributed by atoms with Gasteiger partial charge in [0.15, 0.2) is 0 Å². The van der Waals surface area contributed by atoms with E-state index in [1.807, 2.05) is 13.8 Å². The number of likely N-dealkylation sites (N-methyl/N-ethyl adjacent to an activating group) is 1. The van der Waals surface area contributed by atoms with E-state index in [2.05, 4.69) is 29.1 Å². The molecule has 186 valence electrons. The van der Waals surface area contributed by atoms with Gasteiger partial charge >= 0.3 is 6.03 Å². The SMILES string of the molecule is CCCC#Cc1cnc2c(c1)C(=O)N([C@H](C)CO)C[C@H](C)[C@@H](CN(C)C(=O)NC1CCCC1)O2. The molecule has 1 aromatic heterocycles. The second-order valence-electron chi connectivity index (χ2n) is 9.56. The maximum absolute atomic E-state index is 13.4. The lowest BCUT2D eigenvalue weighted by atomic mass is 10.00. The summed E-state index contributed by atoms with van der Waals surface area (Å²) in [6.45, 7) is 6.48. The Hall–Kier alpha value is -2.79. The van der Waals surface area contributed by atoms with Crippen LogP contribution in [0.3, 0.4) is 0 Å². The summed E-state index contributed by atoms with van der Waals surface area (Å²) in [4.78, 5) is 33.9. The summed E-state index contributed by atoms with van der Waals surface area (Å²) in [7, 11) is 1.76. The Kier molecular flexibility index (Phi) is 9.17. The first-order valence-electron chi connectivity index (χ1n) is 12.4. The maximum Gasteiger partial charge on any atom is 0.317 e. The highest BCUT2D eigenvalue weighted by Gasteiger charge is 2.35. The number of fused-ring (bicyclic) bond motifs is 1. The first kappa shape index (κ1) is 25.8. The molecule has 2 aliphatic rings. The smallest absolute Gasteiger partial charge is 0.317 e. The first-order chi connectivity index (χ1) is 16.3. The Morgan fingerprint density at radius 2 is 2.15 bits per heavy atom. The monoisotopic (exact) mass is 470 g/mol. The van der Waals surface area contributed by atoms with Gasteiger partial charge in [-0.3, -0.25) is 4.79 Å².